The number of hydrogen-bond acceptors (Lipinski definition) is 3. The van der Waals surface area contributed by atoms with Gasteiger partial charge in [-0.05, 0) is 54.4 Å². The van der Waals surface area contributed by atoms with Gasteiger partial charge in [0.1, 0.15) is 0 Å². The minimum Gasteiger partial charge on any atom is -0.309 e. The fraction of sp³-hybridized carbons (Fsp3) is 0.412. The van der Waals surface area contributed by atoms with Gasteiger partial charge in [-0.25, -0.2) is 0 Å². The second-order valence-electron chi connectivity index (χ2n) is 5.56. The molecule has 0 saturated carbocycles. The number of thiophene rings is 1. The number of rotatable bonds is 7. The van der Waals surface area contributed by atoms with Gasteiger partial charge in [-0.3, -0.25) is 4.90 Å². The van der Waals surface area contributed by atoms with Crippen molar-refractivity contribution >= 4 is 11.3 Å². The van der Waals surface area contributed by atoms with E-state index in [1.807, 2.05) is 0 Å². The molecule has 0 aliphatic rings. The van der Waals surface area contributed by atoms with Crippen LogP contribution >= 0.6 is 11.3 Å². The Kier molecular flexibility index (Phi) is 5.77. The summed E-state index contributed by atoms with van der Waals surface area (Å²) in [6, 6.07) is 11.6. The zero-order chi connectivity index (χ0) is 14.4. The van der Waals surface area contributed by atoms with Crippen molar-refractivity contribution in [2.45, 2.75) is 39.5 Å². The first kappa shape index (κ1) is 15.2. The van der Waals surface area contributed by atoms with Crippen molar-refractivity contribution in [1.82, 2.24) is 10.2 Å². The molecule has 0 atom stereocenters. The predicted molar refractivity (Wildman–Crippen MR) is 87.9 cm³/mol. The van der Waals surface area contributed by atoms with Crippen LogP contribution in [0.25, 0.3) is 0 Å². The molecule has 1 aromatic heterocycles. The fourth-order valence-electron chi connectivity index (χ4n) is 2.05. The Bertz CT molecular complexity index is 505. The highest BCUT2D eigenvalue weighted by atomic mass is 32.1. The molecule has 0 bridgehead atoms. The summed E-state index contributed by atoms with van der Waals surface area (Å²) >= 11 is 1.75. The summed E-state index contributed by atoms with van der Waals surface area (Å²) in [5, 5.41) is 7.82. The number of hydrogen-bond donors (Lipinski definition) is 1. The predicted octanol–water partition coefficient (Wildman–Crippen LogP) is 3.88. The van der Waals surface area contributed by atoms with Crippen molar-refractivity contribution in [1.29, 1.82) is 0 Å². The van der Waals surface area contributed by atoms with E-state index in [1.165, 1.54) is 16.7 Å². The van der Waals surface area contributed by atoms with E-state index in [1.54, 1.807) is 11.3 Å². The van der Waals surface area contributed by atoms with E-state index < -0.39 is 0 Å². The smallest absolute Gasteiger partial charge is 0.0233 e. The molecule has 1 aromatic carbocycles. The number of benzene rings is 1. The first-order valence-electron chi connectivity index (χ1n) is 7.15. The lowest BCUT2D eigenvalue weighted by Crippen LogP contribution is -2.25. The zero-order valence-corrected chi connectivity index (χ0v) is 13.4. The van der Waals surface area contributed by atoms with Gasteiger partial charge in [-0.15, -0.1) is 0 Å². The summed E-state index contributed by atoms with van der Waals surface area (Å²) < 4.78 is 0. The Morgan fingerprint density at radius 1 is 1.10 bits per heavy atom. The second-order valence-corrected chi connectivity index (χ2v) is 6.34. The van der Waals surface area contributed by atoms with Gasteiger partial charge in [0, 0.05) is 25.7 Å². The largest absolute Gasteiger partial charge is 0.309 e. The molecule has 0 saturated heterocycles. The monoisotopic (exact) mass is 288 g/mol. The van der Waals surface area contributed by atoms with Crippen LogP contribution in [0.5, 0.6) is 0 Å². The van der Waals surface area contributed by atoms with Crippen LogP contribution in [0.4, 0.5) is 0 Å². The third kappa shape index (κ3) is 4.75. The molecular weight excluding hydrogens is 264 g/mol. The molecule has 1 heterocycles. The van der Waals surface area contributed by atoms with Crippen molar-refractivity contribution < 1.29 is 0 Å². The third-order valence-electron chi connectivity index (χ3n) is 3.54. The van der Waals surface area contributed by atoms with Gasteiger partial charge >= 0.3 is 0 Å². The van der Waals surface area contributed by atoms with Crippen molar-refractivity contribution in [3.8, 4) is 0 Å². The highest BCUT2D eigenvalue weighted by Crippen LogP contribution is 2.10. The molecule has 0 aliphatic carbocycles. The Morgan fingerprint density at radius 2 is 1.85 bits per heavy atom. The van der Waals surface area contributed by atoms with Crippen LogP contribution in [0, 0.1) is 0 Å². The molecule has 0 aliphatic heterocycles. The van der Waals surface area contributed by atoms with E-state index >= 15 is 0 Å². The maximum atomic E-state index is 3.50. The Morgan fingerprint density at radius 3 is 2.55 bits per heavy atom. The van der Waals surface area contributed by atoms with Crippen LogP contribution in [0.15, 0.2) is 41.1 Å². The van der Waals surface area contributed by atoms with E-state index in [2.05, 4.69) is 72.2 Å². The summed E-state index contributed by atoms with van der Waals surface area (Å²) in [7, 11) is 2.17. The van der Waals surface area contributed by atoms with Crippen LogP contribution in [0.2, 0.25) is 0 Å². The van der Waals surface area contributed by atoms with E-state index in [-0.39, 0.29) is 0 Å². The summed E-state index contributed by atoms with van der Waals surface area (Å²) in [6.45, 7) is 7.34. The van der Waals surface area contributed by atoms with Gasteiger partial charge in [0.2, 0.25) is 0 Å². The molecule has 108 valence electrons. The van der Waals surface area contributed by atoms with Crippen molar-refractivity contribution in [2.75, 3.05) is 7.05 Å². The maximum absolute atomic E-state index is 3.50. The standard InChI is InChI=1S/C17H24N2S/c1-14(2)19(3)12-16-6-4-5-15(9-16)10-18-11-17-7-8-20-13-17/h4-9,13-14,18H,10-12H2,1-3H3. The van der Waals surface area contributed by atoms with Crippen LogP contribution in [-0.4, -0.2) is 18.0 Å². The molecule has 0 fully saturated rings. The first-order chi connectivity index (χ1) is 9.65. The summed E-state index contributed by atoms with van der Waals surface area (Å²) in [5.41, 5.74) is 4.11. The van der Waals surface area contributed by atoms with Crippen LogP contribution in [-0.2, 0) is 19.6 Å². The van der Waals surface area contributed by atoms with Gasteiger partial charge in [0.25, 0.3) is 0 Å². The molecule has 20 heavy (non-hydrogen) atoms. The number of nitrogens with zero attached hydrogens (tertiary/aromatic N) is 1. The molecular formula is C17H24N2S. The van der Waals surface area contributed by atoms with Gasteiger partial charge in [-0.2, -0.15) is 11.3 Å². The molecule has 0 amide bonds. The average Bonchev–Trinajstić information content (AvgIpc) is 2.92. The summed E-state index contributed by atoms with van der Waals surface area (Å²) in [5.74, 6) is 0. The summed E-state index contributed by atoms with van der Waals surface area (Å²) in [4.78, 5) is 2.36. The average molecular weight is 288 g/mol. The molecule has 0 unspecified atom stereocenters. The fourth-order valence-corrected chi connectivity index (χ4v) is 2.72. The molecule has 3 heteroatoms. The lowest BCUT2D eigenvalue weighted by molar-refractivity contribution is 0.266. The third-order valence-corrected chi connectivity index (χ3v) is 4.28. The lowest BCUT2D eigenvalue weighted by atomic mass is 10.1. The van der Waals surface area contributed by atoms with Gasteiger partial charge in [-0.1, -0.05) is 24.3 Å². The topological polar surface area (TPSA) is 15.3 Å². The van der Waals surface area contributed by atoms with Gasteiger partial charge in [0.15, 0.2) is 0 Å². The van der Waals surface area contributed by atoms with Gasteiger partial charge < -0.3 is 5.32 Å². The van der Waals surface area contributed by atoms with E-state index in [0.717, 1.165) is 19.6 Å². The molecule has 2 nitrogen and oxygen atoms in total. The van der Waals surface area contributed by atoms with Crippen molar-refractivity contribution in [2.24, 2.45) is 0 Å². The van der Waals surface area contributed by atoms with E-state index in [0.29, 0.717) is 6.04 Å². The first-order valence-corrected chi connectivity index (χ1v) is 8.09. The minimum absolute atomic E-state index is 0.579. The zero-order valence-electron chi connectivity index (χ0n) is 12.6. The quantitative estimate of drug-likeness (QED) is 0.832. The molecule has 0 spiro atoms. The normalized spacial score (nSPS) is 11.4. The highest BCUT2D eigenvalue weighted by molar-refractivity contribution is 7.07. The summed E-state index contributed by atoms with van der Waals surface area (Å²) in [6.07, 6.45) is 0. The molecule has 0 radical (unpaired) electrons. The Hall–Kier alpha value is -1.16. The SMILES string of the molecule is CC(C)N(C)Cc1cccc(CNCc2ccsc2)c1. The van der Waals surface area contributed by atoms with Crippen molar-refractivity contribution in [3.05, 3.63) is 57.8 Å². The van der Waals surface area contributed by atoms with Gasteiger partial charge in [0.05, 0.1) is 0 Å². The van der Waals surface area contributed by atoms with E-state index in [9.17, 15) is 0 Å². The number of nitrogens with one attached hydrogen (secondary N) is 1. The van der Waals surface area contributed by atoms with Crippen LogP contribution in [0.3, 0.4) is 0 Å². The highest BCUT2D eigenvalue weighted by Gasteiger charge is 2.04. The lowest BCUT2D eigenvalue weighted by Gasteiger charge is -2.21. The van der Waals surface area contributed by atoms with E-state index in [4.69, 9.17) is 0 Å². The Labute approximate surface area is 126 Å². The van der Waals surface area contributed by atoms with Crippen LogP contribution < -0.4 is 5.32 Å². The molecule has 1 N–H and O–H groups in total. The molecule has 2 rings (SSSR count). The minimum atomic E-state index is 0.579. The molecule has 2 aromatic rings. The Balaban J connectivity index is 1.86. The van der Waals surface area contributed by atoms with Crippen molar-refractivity contribution in [3.63, 3.8) is 0 Å². The maximum Gasteiger partial charge on any atom is 0.0233 e. The van der Waals surface area contributed by atoms with Crippen LogP contribution in [0.1, 0.15) is 30.5 Å². The second kappa shape index (κ2) is 7.58.